The van der Waals surface area contributed by atoms with Gasteiger partial charge in [-0.05, 0) is 25.0 Å². The van der Waals surface area contributed by atoms with Crippen LogP contribution in [-0.4, -0.2) is 19.6 Å². The first-order chi connectivity index (χ1) is 7.08. The second kappa shape index (κ2) is 3.42. The molecule has 5 nitrogen and oxygen atoms in total. The van der Waals surface area contributed by atoms with E-state index in [1.807, 2.05) is 19.9 Å². The van der Waals surface area contributed by atoms with E-state index in [-0.39, 0.29) is 11.6 Å². The standard InChI is InChI=1S/C10H12N4O/c1-6(2)8-4-5-9-11-7(3)12-10(15)14(9)13-8/h4-6H,1-3H3. The fourth-order valence-corrected chi connectivity index (χ4v) is 1.34. The molecule has 0 atom stereocenters. The average Bonchev–Trinajstić information content (AvgIpc) is 2.16. The van der Waals surface area contributed by atoms with Gasteiger partial charge in [0.05, 0.1) is 5.69 Å². The van der Waals surface area contributed by atoms with Crippen molar-refractivity contribution in [3.63, 3.8) is 0 Å². The molecule has 0 spiro atoms. The molecular formula is C10H12N4O. The van der Waals surface area contributed by atoms with Crippen LogP contribution in [0.4, 0.5) is 0 Å². The van der Waals surface area contributed by atoms with Gasteiger partial charge in [0.1, 0.15) is 5.82 Å². The Morgan fingerprint density at radius 3 is 2.67 bits per heavy atom. The van der Waals surface area contributed by atoms with Gasteiger partial charge in [0, 0.05) is 0 Å². The Bertz CT molecular complexity index is 559. The molecule has 2 heterocycles. The highest BCUT2D eigenvalue weighted by Gasteiger charge is 2.05. The topological polar surface area (TPSA) is 60.2 Å². The zero-order chi connectivity index (χ0) is 11.0. The van der Waals surface area contributed by atoms with E-state index in [0.29, 0.717) is 11.5 Å². The van der Waals surface area contributed by atoms with Crippen molar-refractivity contribution in [1.82, 2.24) is 19.6 Å². The zero-order valence-corrected chi connectivity index (χ0v) is 8.93. The number of hydrogen-bond acceptors (Lipinski definition) is 4. The molecule has 0 N–H and O–H groups in total. The summed E-state index contributed by atoms with van der Waals surface area (Å²) in [5.41, 5.74) is 1.02. The van der Waals surface area contributed by atoms with Gasteiger partial charge >= 0.3 is 5.69 Å². The molecule has 0 aliphatic rings. The molecule has 0 aliphatic heterocycles. The van der Waals surface area contributed by atoms with Crippen LogP contribution in [0.3, 0.4) is 0 Å². The second-order valence-electron chi connectivity index (χ2n) is 3.74. The summed E-state index contributed by atoms with van der Waals surface area (Å²) in [6.45, 7) is 5.74. The Balaban J connectivity index is 2.77. The summed E-state index contributed by atoms with van der Waals surface area (Å²) in [5.74, 6) is 0.752. The molecule has 0 radical (unpaired) electrons. The van der Waals surface area contributed by atoms with Crippen molar-refractivity contribution in [2.24, 2.45) is 0 Å². The maximum Gasteiger partial charge on any atom is 0.371 e. The number of hydrogen-bond donors (Lipinski definition) is 0. The highest BCUT2D eigenvalue weighted by Crippen LogP contribution is 2.10. The lowest BCUT2D eigenvalue weighted by molar-refractivity contribution is 0.721. The number of fused-ring (bicyclic) bond motifs is 1. The largest absolute Gasteiger partial charge is 0.371 e. The lowest BCUT2D eigenvalue weighted by Gasteiger charge is -2.05. The molecule has 15 heavy (non-hydrogen) atoms. The minimum atomic E-state index is -0.375. The number of nitrogens with zero attached hydrogens (tertiary/aromatic N) is 4. The average molecular weight is 204 g/mol. The molecule has 78 valence electrons. The van der Waals surface area contributed by atoms with Gasteiger partial charge in [0.25, 0.3) is 0 Å². The van der Waals surface area contributed by atoms with Crippen LogP contribution in [0, 0.1) is 6.92 Å². The Labute approximate surface area is 86.8 Å². The van der Waals surface area contributed by atoms with E-state index >= 15 is 0 Å². The molecule has 0 amide bonds. The number of rotatable bonds is 1. The first-order valence-electron chi connectivity index (χ1n) is 4.82. The molecule has 2 aromatic heterocycles. The maximum absolute atomic E-state index is 11.5. The van der Waals surface area contributed by atoms with Gasteiger partial charge in [-0.1, -0.05) is 13.8 Å². The maximum atomic E-state index is 11.5. The Morgan fingerprint density at radius 1 is 1.27 bits per heavy atom. The predicted octanol–water partition coefficient (Wildman–Crippen LogP) is 0.916. The van der Waals surface area contributed by atoms with Crippen LogP contribution < -0.4 is 5.69 Å². The van der Waals surface area contributed by atoms with Crippen LogP contribution in [0.5, 0.6) is 0 Å². The van der Waals surface area contributed by atoms with Gasteiger partial charge in [-0.25, -0.2) is 9.78 Å². The lowest BCUT2D eigenvalue weighted by atomic mass is 10.1. The van der Waals surface area contributed by atoms with Crippen LogP contribution in [0.25, 0.3) is 5.65 Å². The van der Waals surface area contributed by atoms with Crippen molar-refractivity contribution in [2.45, 2.75) is 26.7 Å². The Hall–Kier alpha value is -1.78. The monoisotopic (exact) mass is 204 g/mol. The summed E-state index contributed by atoms with van der Waals surface area (Å²) < 4.78 is 1.24. The van der Waals surface area contributed by atoms with Crippen LogP contribution in [0.1, 0.15) is 31.3 Å². The summed E-state index contributed by atoms with van der Waals surface area (Å²) in [6.07, 6.45) is 0. The molecular weight excluding hydrogens is 192 g/mol. The number of aromatic nitrogens is 4. The van der Waals surface area contributed by atoms with Crippen molar-refractivity contribution in [1.29, 1.82) is 0 Å². The van der Waals surface area contributed by atoms with Crippen molar-refractivity contribution in [3.05, 3.63) is 34.1 Å². The first kappa shape index (κ1) is 9.76. The Morgan fingerprint density at radius 2 is 2.00 bits per heavy atom. The van der Waals surface area contributed by atoms with Gasteiger partial charge in [-0.3, -0.25) is 0 Å². The molecule has 2 rings (SSSR count). The lowest BCUT2D eigenvalue weighted by Crippen LogP contribution is -2.22. The van der Waals surface area contributed by atoms with Gasteiger partial charge in [-0.2, -0.15) is 14.6 Å². The van der Waals surface area contributed by atoms with E-state index in [1.54, 1.807) is 13.0 Å². The summed E-state index contributed by atoms with van der Waals surface area (Å²) in [4.78, 5) is 19.4. The van der Waals surface area contributed by atoms with Crippen molar-refractivity contribution in [3.8, 4) is 0 Å². The third-order valence-electron chi connectivity index (χ3n) is 2.14. The Kier molecular flexibility index (Phi) is 2.22. The minimum Gasteiger partial charge on any atom is -0.243 e. The van der Waals surface area contributed by atoms with Crippen LogP contribution in [0.15, 0.2) is 16.9 Å². The van der Waals surface area contributed by atoms with E-state index < -0.39 is 0 Å². The summed E-state index contributed by atoms with van der Waals surface area (Å²) in [5, 5.41) is 4.19. The normalized spacial score (nSPS) is 11.2. The smallest absolute Gasteiger partial charge is 0.243 e. The first-order valence-corrected chi connectivity index (χ1v) is 4.82. The van der Waals surface area contributed by atoms with E-state index in [0.717, 1.165) is 5.69 Å². The molecule has 0 fully saturated rings. The van der Waals surface area contributed by atoms with Gasteiger partial charge in [-0.15, -0.1) is 0 Å². The molecule has 0 saturated heterocycles. The predicted molar refractivity (Wildman–Crippen MR) is 55.9 cm³/mol. The minimum absolute atomic E-state index is 0.280. The quantitative estimate of drug-likeness (QED) is 0.693. The molecule has 2 aromatic rings. The van der Waals surface area contributed by atoms with Crippen LogP contribution in [-0.2, 0) is 0 Å². The molecule has 0 unspecified atom stereocenters. The summed E-state index contributed by atoms with van der Waals surface area (Å²) in [6, 6.07) is 3.67. The zero-order valence-electron chi connectivity index (χ0n) is 8.93. The van der Waals surface area contributed by atoms with E-state index in [4.69, 9.17) is 0 Å². The third-order valence-corrected chi connectivity index (χ3v) is 2.14. The second-order valence-corrected chi connectivity index (χ2v) is 3.74. The molecule has 0 saturated carbocycles. The van der Waals surface area contributed by atoms with Gasteiger partial charge < -0.3 is 0 Å². The highest BCUT2D eigenvalue weighted by atomic mass is 16.1. The van der Waals surface area contributed by atoms with Crippen LogP contribution in [0.2, 0.25) is 0 Å². The van der Waals surface area contributed by atoms with Crippen molar-refractivity contribution < 1.29 is 0 Å². The van der Waals surface area contributed by atoms with Crippen molar-refractivity contribution >= 4 is 5.65 Å². The highest BCUT2D eigenvalue weighted by molar-refractivity contribution is 5.35. The fourth-order valence-electron chi connectivity index (χ4n) is 1.34. The SMILES string of the molecule is Cc1nc(=O)n2nc(C(C)C)ccc2n1. The third kappa shape index (κ3) is 1.72. The van der Waals surface area contributed by atoms with E-state index in [1.165, 1.54) is 4.52 Å². The number of aryl methyl sites for hydroxylation is 1. The molecule has 0 aromatic carbocycles. The molecule has 5 heteroatoms. The van der Waals surface area contributed by atoms with Crippen LogP contribution >= 0.6 is 0 Å². The summed E-state index contributed by atoms with van der Waals surface area (Å²) in [7, 11) is 0. The van der Waals surface area contributed by atoms with Gasteiger partial charge in [0.2, 0.25) is 0 Å². The van der Waals surface area contributed by atoms with Gasteiger partial charge in [0.15, 0.2) is 5.65 Å². The molecule has 0 bridgehead atoms. The van der Waals surface area contributed by atoms with E-state index in [9.17, 15) is 4.79 Å². The fraction of sp³-hybridized carbons (Fsp3) is 0.400. The molecule has 0 aliphatic carbocycles. The van der Waals surface area contributed by atoms with E-state index in [2.05, 4.69) is 15.1 Å². The van der Waals surface area contributed by atoms with Crippen molar-refractivity contribution in [2.75, 3.05) is 0 Å². The summed E-state index contributed by atoms with van der Waals surface area (Å²) >= 11 is 0.